The first-order valence-corrected chi connectivity index (χ1v) is 16.0. The minimum Gasteiger partial charge on any atom is -0.369 e. The van der Waals surface area contributed by atoms with E-state index in [0.29, 0.717) is 36.6 Å². The van der Waals surface area contributed by atoms with Gasteiger partial charge >= 0.3 is 0 Å². The van der Waals surface area contributed by atoms with Crippen LogP contribution in [0, 0.1) is 24.2 Å². The molecule has 2 fully saturated rings. The first kappa shape index (κ1) is 28.1. The van der Waals surface area contributed by atoms with Gasteiger partial charge in [0.2, 0.25) is 5.91 Å². The summed E-state index contributed by atoms with van der Waals surface area (Å²) in [5.41, 5.74) is 3.96. The molecule has 3 aromatic rings. The van der Waals surface area contributed by atoms with Crippen molar-refractivity contribution in [2.45, 2.75) is 51.2 Å². The minimum absolute atomic E-state index is 0.0715. The van der Waals surface area contributed by atoms with E-state index in [-0.39, 0.29) is 29.8 Å². The summed E-state index contributed by atoms with van der Waals surface area (Å²) in [7, 11) is -2.98. The number of nitrogens with zero attached hydrogens (tertiary/aromatic N) is 5. The van der Waals surface area contributed by atoms with Crippen molar-refractivity contribution in [1.29, 1.82) is 5.26 Å². The predicted octanol–water partition coefficient (Wildman–Crippen LogP) is 4.06. The highest BCUT2D eigenvalue weighted by Crippen LogP contribution is 2.46. The summed E-state index contributed by atoms with van der Waals surface area (Å²) in [4.78, 5) is 21.1. The molecule has 1 aliphatic carbocycles. The van der Waals surface area contributed by atoms with E-state index in [2.05, 4.69) is 20.4 Å². The number of halogens is 1. The fraction of sp³-hybridized carbons (Fsp3) is 0.464. The highest BCUT2D eigenvalue weighted by Gasteiger charge is 2.39. The molecule has 2 aromatic heterocycles. The van der Waals surface area contributed by atoms with Crippen LogP contribution >= 0.6 is 11.3 Å². The molecule has 0 radical (unpaired) electrons. The van der Waals surface area contributed by atoms with Gasteiger partial charge in [0.05, 0.1) is 33.8 Å². The summed E-state index contributed by atoms with van der Waals surface area (Å²) >= 11 is 1.46. The lowest BCUT2D eigenvalue weighted by Crippen LogP contribution is -2.41. The molecule has 2 aliphatic rings. The number of rotatable bonds is 6. The number of hydrogen-bond donors (Lipinski definition) is 1. The Balaban J connectivity index is 1.52. The molecule has 210 valence electrons. The third-order valence-corrected chi connectivity index (χ3v) is 10.3. The molecule has 5 rings (SSSR count). The zero-order valence-electron chi connectivity index (χ0n) is 22.4. The lowest BCUT2D eigenvalue weighted by Gasteiger charge is -2.32. The van der Waals surface area contributed by atoms with Crippen LogP contribution in [-0.2, 0) is 14.6 Å². The zero-order valence-corrected chi connectivity index (χ0v) is 24.0. The number of aryl methyl sites for hydroxylation is 1. The number of sulfone groups is 1. The fourth-order valence-corrected chi connectivity index (χ4v) is 7.60. The molecular formula is C28H31FN6O3S2. The van der Waals surface area contributed by atoms with Crippen LogP contribution in [0.2, 0.25) is 0 Å². The maximum atomic E-state index is 14.6. The zero-order chi connectivity index (χ0) is 28.4. The monoisotopic (exact) mass is 582 g/mol. The van der Waals surface area contributed by atoms with Gasteiger partial charge in [-0.2, -0.15) is 10.4 Å². The number of anilines is 1. The number of thiazole rings is 1. The largest absolute Gasteiger partial charge is 0.369 e. The number of carbonyl (C=O) groups is 1. The van der Waals surface area contributed by atoms with Gasteiger partial charge in [-0.3, -0.25) is 4.79 Å². The van der Waals surface area contributed by atoms with Crippen molar-refractivity contribution in [3.05, 3.63) is 47.8 Å². The summed E-state index contributed by atoms with van der Waals surface area (Å²) in [5.74, 6) is -1.05. The van der Waals surface area contributed by atoms with Gasteiger partial charge in [-0.05, 0) is 62.9 Å². The average Bonchev–Trinajstić information content (AvgIpc) is 3.38. The number of nitriles is 1. The number of carbonyl (C=O) groups excluding carboxylic acids is 1. The summed E-state index contributed by atoms with van der Waals surface area (Å²) in [6, 6.07) is 13.0. The quantitative estimate of drug-likeness (QED) is 0.461. The van der Waals surface area contributed by atoms with Gasteiger partial charge in [0.1, 0.15) is 22.9 Å². The van der Waals surface area contributed by atoms with Crippen molar-refractivity contribution >= 4 is 32.8 Å². The topological polar surface area (TPSA) is 129 Å². The Morgan fingerprint density at radius 2 is 1.88 bits per heavy atom. The Hall–Kier alpha value is -3.43. The molecule has 9 nitrogen and oxygen atoms in total. The Morgan fingerprint density at radius 3 is 2.52 bits per heavy atom. The van der Waals surface area contributed by atoms with Crippen molar-refractivity contribution in [2.75, 3.05) is 29.5 Å². The maximum absolute atomic E-state index is 14.6. The van der Waals surface area contributed by atoms with Gasteiger partial charge in [-0.1, -0.05) is 12.1 Å². The van der Waals surface area contributed by atoms with Gasteiger partial charge in [-0.15, -0.1) is 16.4 Å². The number of nitrogens with one attached hydrogen (secondary N) is 1. The molecule has 4 atom stereocenters. The highest BCUT2D eigenvalue weighted by molar-refractivity contribution is 7.91. The second-order valence-corrected chi connectivity index (χ2v) is 13.8. The molecular weight excluding hydrogens is 551 g/mol. The molecule has 1 aromatic carbocycles. The fourth-order valence-electron chi connectivity index (χ4n) is 5.30. The first-order valence-electron chi connectivity index (χ1n) is 13.3. The van der Waals surface area contributed by atoms with Crippen molar-refractivity contribution in [1.82, 2.24) is 20.5 Å². The molecule has 1 saturated carbocycles. The molecule has 0 bridgehead atoms. The summed E-state index contributed by atoms with van der Waals surface area (Å²) in [6.07, 6.45) is -0.241. The van der Waals surface area contributed by atoms with Crippen LogP contribution in [0.25, 0.3) is 21.1 Å². The van der Waals surface area contributed by atoms with Crippen LogP contribution in [-0.4, -0.2) is 66.3 Å². The van der Waals surface area contributed by atoms with Gasteiger partial charge in [0, 0.05) is 30.6 Å². The molecule has 4 unspecified atom stereocenters. The third kappa shape index (κ3) is 6.15. The van der Waals surface area contributed by atoms with E-state index in [4.69, 9.17) is 4.98 Å². The minimum atomic E-state index is -2.98. The van der Waals surface area contributed by atoms with Crippen LogP contribution in [0.3, 0.4) is 0 Å². The van der Waals surface area contributed by atoms with Gasteiger partial charge in [0.15, 0.2) is 9.84 Å². The number of alkyl halides is 1. The molecule has 1 aliphatic heterocycles. The van der Waals surface area contributed by atoms with Crippen molar-refractivity contribution in [3.63, 3.8) is 0 Å². The van der Waals surface area contributed by atoms with Crippen molar-refractivity contribution in [2.24, 2.45) is 5.92 Å². The van der Waals surface area contributed by atoms with E-state index in [1.807, 2.05) is 49.4 Å². The lowest BCUT2D eigenvalue weighted by atomic mass is 9.75. The number of aromatic nitrogens is 3. The second-order valence-electron chi connectivity index (χ2n) is 10.5. The predicted molar refractivity (Wildman–Crippen MR) is 152 cm³/mol. The van der Waals surface area contributed by atoms with E-state index in [1.165, 1.54) is 11.3 Å². The van der Waals surface area contributed by atoms with E-state index in [9.17, 15) is 22.9 Å². The highest BCUT2D eigenvalue weighted by atomic mass is 32.2. The summed E-state index contributed by atoms with van der Waals surface area (Å²) in [5, 5.41) is 21.1. The Morgan fingerprint density at radius 1 is 1.15 bits per heavy atom. The molecule has 1 N–H and O–H groups in total. The molecule has 1 saturated heterocycles. The second kappa shape index (κ2) is 11.6. The van der Waals surface area contributed by atoms with Crippen molar-refractivity contribution < 1.29 is 17.6 Å². The smallest absolute Gasteiger partial charge is 0.224 e. The SMILES string of the molecule is Cc1ccc(-c2nc(C3CCC(F)CC3C(=O)NC(C)C#N)c(-c3ccc(N4CCS(=O)(=O)CC4)cc3)s2)nn1. The van der Waals surface area contributed by atoms with Gasteiger partial charge in [-0.25, -0.2) is 17.8 Å². The van der Waals surface area contributed by atoms with E-state index in [0.717, 1.165) is 27.5 Å². The molecule has 40 heavy (non-hydrogen) atoms. The number of benzene rings is 1. The molecule has 12 heteroatoms. The Bertz CT molecular complexity index is 1500. The van der Waals surface area contributed by atoms with Crippen LogP contribution in [0.1, 0.15) is 43.5 Å². The Labute approximate surface area is 237 Å². The Kier molecular flexibility index (Phi) is 8.14. The lowest BCUT2D eigenvalue weighted by molar-refractivity contribution is -0.127. The molecule has 1 amide bonds. The molecule has 0 spiro atoms. The van der Waals surface area contributed by atoms with Crippen molar-refractivity contribution in [3.8, 4) is 27.2 Å². The van der Waals surface area contributed by atoms with E-state index >= 15 is 0 Å². The summed E-state index contributed by atoms with van der Waals surface area (Å²) in [6.45, 7) is 4.36. The normalized spacial score (nSPS) is 23.2. The standard InChI is InChI=1S/C28H31FN6O3S2/c1-17-3-10-24(34-33-17)28-32-25(22-9-6-20(29)15-23(22)27(36)31-18(2)16-30)26(39-28)19-4-7-21(8-5-19)35-11-13-40(37,38)14-12-35/h3-5,7-8,10,18,20,22-23H,6,9,11-15H2,1-2H3,(H,31,36). The van der Waals surface area contributed by atoms with E-state index in [1.54, 1.807) is 6.92 Å². The first-order chi connectivity index (χ1) is 19.1. The molecule has 3 heterocycles. The third-order valence-electron chi connectivity index (χ3n) is 7.54. The van der Waals surface area contributed by atoms with Crippen LogP contribution in [0.15, 0.2) is 36.4 Å². The van der Waals surface area contributed by atoms with Gasteiger partial charge in [0.25, 0.3) is 0 Å². The van der Waals surface area contributed by atoms with E-state index < -0.39 is 28.0 Å². The van der Waals surface area contributed by atoms with Crippen LogP contribution < -0.4 is 10.2 Å². The summed E-state index contributed by atoms with van der Waals surface area (Å²) < 4.78 is 38.3. The van der Waals surface area contributed by atoms with Crippen LogP contribution in [0.4, 0.5) is 10.1 Å². The number of amides is 1. The van der Waals surface area contributed by atoms with Gasteiger partial charge < -0.3 is 10.2 Å². The maximum Gasteiger partial charge on any atom is 0.224 e. The van der Waals surface area contributed by atoms with Crippen LogP contribution in [0.5, 0.6) is 0 Å². The number of hydrogen-bond acceptors (Lipinski definition) is 9. The average molecular weight is 583 g/mol.